The molecule has 0 aliphatic carbocycles. The summed E-state index contributed by atoms with van der Waals surface area (Å²) < 4.78 is 63.8. The smallest absolute Gasteiger partial charge is 0.425 e. The van der Waals surface area contributed by atoms with E-state index in [1.54, 1.807) is 6.07 Å². The van der Waals surface area contributed by atoms with E-state index in [0.717, 1.165) is 13.0 Å². The van der Waals surface area contributed by atoms with Gasteiger partial charge in [-0.05, 0) is 31.2 Å². The van der Waals surface area contributed by atoms with Crippen LogP contribution in [0.5, 0.6) is 17.4 Å². The molecule has 0 aliphatic rings. The molecule has 1 heterocycles. The maximum atomic E-state index is 14.0. The molecule has 0 N–H and O–H groups in total. The van der Waals surface area contributed by atoms with Crippen molar-refractivity contribution in [2.45, 2.75) is 19.2 Å². The first kappa shape index (κ1) is 19.6. The van der Waals surface area contributed by atoms with Crippen molar-refractivity contribution >= 4 is 38.3 Å². The van der Waals surface area contributed by atoms with Crippen LogP contribution in [0.1, 0.15) is 6.92 Å². The summed E-state index contributed by atoms with van der Waals surface area (Å²) in [7, 11) is 0. The molecule has 27 heavy (non-hydrogen) atoms. The van der Waals surface area contributed by atoms with Crippen molar-refractivity contribution in [3.63, 3.8) is 0 Å². The number of rotatable bonds is 4. The first-order valence-electron chi connectivity index (χ1n) is 7.47. The van der Waals surface area contributed by atoms with Crippen LogP contribution in [-0.4, -0.2) is 22.5 Å². The first-order chi connectivity index (χ1) is 12.7. The molecule has 0 unspecified atom stereocenters. The summed E-state index contributed by atoms with van der Waals surface area (Å²) in [5, 5.41) is 7.96. The van der Waals surface area contributed by atoms with Crippen LogP contribution < -0.4 is 9.47 Å². The topological polar surface area (TPSA) is 44.2 Å². The normalized spacial score (nSPS) is 12.9. The van der Waals surface area contributed by atoms with E-state index in [1.165, 1.54) is 24.4 Å². The SMILES string of the molecule is C[C@H](Oc1cc(Br)cc2cnnc(Oc3c(F)cccc3Cl)c12)C(F)(F)F. The van der Waals surface area contributed by atoms with E-state index in [2.05, 4.69) is 26.1 Å². The van der Waals surface area contributed by atoms with Crippen LogP contribution in [-0.2, 0) is 0 Å². The minimum Gasteiger partial charge on any atom is -0.480 e. The van der Waals surface area contributed by atoms with Gasteiger partial charge >= 0.3 is 6.18 Å². The van der Waals surface area contributed by atoms with Crippen LogP contribution in [0.25, 0.3) is 10.8 Å². The van der Waals surface area contributed by atoms with Crippen LogP contribution in [0.3, 0.4) is 0 Å². The highest BCUT2D eigenvalue weighted by Gasteiger charge is 2.38. The molecule has 0 saturated heterocycles. The molecule has 0 amide bonds. The zero-order valence-electron chi connectivity index (χ0n) is 13.5. The number of hydrogen-bond donors (Lipinski definition) is 0. The van der Waals surface area contributed by atoms with Crippen molar-refractivity contribution in [2.75, 3.05) is 0 Å². The van der Waals surface area contributed by atoms with Gasteiger partial charge in [0.15, 0.2) is 17.7 Å². The zero-order chi connectivity index (χ0) is 19.8. The van der Waals surface area contributed by atoms with Gasteiger partial charge < -0.3 is 9.47 Å². The highest BCUT2D eigenvalue weighted by Crippen LogP contribution is 2.40. The second-order valence-electron chi connectivity index (χ2n) is 5.47. The van der Waals surface area contributed by atoms with E-state index < -0.39 is 18.1 Å². The van der Waals surface area contributed by atoms with Gasteiger partial charge in [-0.25, -0.2) is 4.39 Å². The van der Waals surface area contributed by atoms with E-state index in [4.69, 9.17) is 21.1 Å². The van der Waals surface area contributed by atoms with Gasteiger partial charge in [0.2, 0.25) is 0 Å². The van der Waals surface area contributed by atoms with Crippen LogP contribution in [0, 0.1) is 5.82 Å². The fourth-order valence-corrected chi connectivity index (χ4v) is 2.88. The van der Waals surface area contributed by atoms with E-state index in [-0.39, 0.29) is 27.8 Å². The molecule has 1 aromatic heterocycles. The fourth-order valence-electron chi connectivity index (χ4n) is 2.22. The van der Waals surface area contributed by atoms with E-state index in [1.807, 2.05) is 0 Å². The summed E-state index contributed by atoms with van der Waals surface area (Å²) >= 11 is 9.15. The highest BCUT2D eigenvalue weighted by molar-refractivity contribution is 9.10. The predicted molar refractivity (Wildman–Crippen MR) is 94.9 cm³/mol. The Balaban J connectivity index is 2.14. The van der Waals surface area contributed by atoms with Crippen LogP contribution in [0.2, 0.25) is 5.02 Å². The van der Waals surface area contributed by atoms with Crippen molar-refractivity contribution in [3.8, 4) is 17.4 Å². The molecule has 4 nitrogen and oxygen atoms in total. The van der Waals surface area contributed by atoms with Gasteiger partial charge in [0.25, 0.3) is 5.88 Å². The van der Waals surface area contributed by atoms with Crippen molar-refractivity contribution in [3.05, 3.63) is 51.8 Å². The van der Waals surface area contributed by atoms with E-state index in [9.17, 15) is 17.6 Å². The Morgan fingerprint density at radius 1 is 1.22 bits per heavy atom. The number of aromatic nitrogens is 2. The number of hydrogen-bond acceptors (Lipinski definition) is 4. The molecule has 142 valence electrons. The third-order valence-electron chi connectivity index (χ3n) is 3.54. The quantitative estimate of drug-likeness (QED) is 0.424. The standard InChI is InChI=1S/C17H10BrClF4N2O2/c1-8(17(21,22)23)26-13-6-10(18)5-9-7-24-25-16(14(9)13)27-15-11(19)3-2-4-12(15)20/h2-8H,1H3/t8-/m0/s1. The molecule has 0 saturated carbocycles. The van der Waals surface area contributed by atoms with Crippen molar-refractivity contribution in [2.24, 2.45) is 0 Å². The predicted octanol–water partition coefficient (Wildman–Crippen LogP) is 6.31. The Kier molecular flexibility index (Phi) is 5.43. The first-order valence-corrected chi connectivity index (χ1v) is 8.64. The average molecular weight is 466 g/mol. The molecule has 0 fully saturated rings. The number of fused-ring (bicyclic) bond motifs is 1. The minimum atomic E-state index is -4.58. The van der Waals surface area contributed by atoms with Gasteiger partial charge in [-0.1, -0.05) is 33.6 Å². The summed E-state index contributed by atoms with van der Waals surface area (Å²) in [6.45, 7) is 0.871. The summed E-state index contributed by atoms with van der Waals surface area (Å²) in [6.07, 6.45) is -5.35. The zero-order valence-corrected chi connectivity index (χ0v) is 15.9. The third-order valence-corrected chi connectivity index (χ3v) is 4.29. The van der Waals surface area contributed by atoms with Gasteiger partial charge in [-0.15, -0.1) is 5.10 Å². The number of ether oxygens (including phenoxy) is 2. The average Bonchev–Trinajstić information content (AvgIpc) is 2.57. The lowest BCUT2D eigenvalue weighted by Gasteiger charge is -2.20. The minimum absolute atomic E-state index is 0.0305. The van der Waals surface area contributed by atoms with Crippen LogP contribution in [0.4, 0.5) is 17.6 Å². The monoisotopic (exact) mass is 464 g/mol. The fraction of sp³-hybridized carbons (Fsp3) is 0.176. The second kappa shape index (κ2) is 7.47. The lowest BCUT2D eigenvalue weighted by atomic mass is 10.1. The summed E-state index contributed by atoms with van der Waals surface area (Å²) in [4.78, 5) is 0. The molecule has 2 aromatic carbocycles. The molecule has 0 aliphatic heterocycles. The molecule has 0 spiro atoms. The third kappa shape index (κ3) is 4.24. The van der Waals surface area contributed by atoms with Gasteiger partial charge in [0.05, 0.1) is 16.6 Å². The molecule has 0 bridgehead atoms. The van der Waals surface area contributed by atoms with Crippen LogP contribution in [0.15, 0.2) is 41.0 Å². The molecular formula is C17H10BrClF4N2O2. The second-order valence-corrected chi connectivity index (χ2v) is 6.80. The number of benzene rings is 2. The van der Waals surface area contributed by atoms with Gasteiger partial charge in [-0.2, -0.15) is 18.3 Å². The van der Waals surface area contributed by atoms with E-state index in [0.29, 0.717) is 9.86 Å². The molecule has 3 aromatic rings. The molecule has 1 atom stereocenters. The Morgan fingerprint density at radius 3 is 2.63 bits per heavy atom. The van der Waals surface area contributed by atoms with Gasteiger partial charge in [-0.3, -0.25) is 0 Å². The highest BCUT2D eigenvalue weighted by atomic mass is 79.9. The Labute approximate surface area is 164 Å². The molecular weight excluding hydrogens is 456 g/mol. The maximum absolute atomic E-state index is 14.0. The van der Waals surface area contributed by atoms with Crippen molar-refractivity contribution < 1.29 is 27.0 Å². The number of halogens is 6. The molecule has 10 heteroatoms. The Bertz CT molecular complexity index is 980. The maximum Gasteiger partial charge on any atom is 0.425 e. The summed E-state index contributed by atoms with van der Waals surface area (Å²) in [5.74, 6) is -1.47. The number of alkyl halides is 3. The van der Waals surface area contributed by atoms with Gasteiger partial charge in [0.1, 0.15) is 5.75 Å². The van der Waals surface area contributed by atoms with E-state index >= 15 is 0 Å². The summed E-state index contributed by atoms with van der Waals surface area (Å²) in [5.41, 5.74) is 0. The number of para-hydroxylation sites is 1. The largest absolute Gasteiger partial charge is 0.480 e. The number of nitrogens with zero attached hydrogens (tertiary/aromatic N) is 2. The Hall–Kier alpha value is -2.13. The Morgan fingerprint density at radius 2 is 1.96 bits per heavy atom. The lowest BCUT2D eigenvalue weighted by molar-refractivity contribution is -0.189. The summed E-state index contributed by atoms with van der Waals surface area (Å²) in [6, 6.07) is 6.83. The van der Waals surface area contributed by atoms with Crippen molar-refractivity contribution in [1.82, 2.24) is 10.2 Å². The molecule has 0 radical (unpaired) electrons. The van der Waals surface area contributed by atoms with Gasteiger partial charge in [0, 0.05) is 9.86 Å². The van der Waals surface area contributed by atoms with Crippen molar-refractivity contribution in [1.29, 1.82) is 0 Å². The van der Waals surface area contributed by atoms with Crippen LogP contribution >= 0.6 is 27.5 Å². The molecule has 3 rings (SSSR count). The lowest BCUT2D eigenvalue weighted by Crippen LogP contribution is -2.31.